The molecule has 1 aliphatic carbocycles. The van der Waals surface area contributed by atoms with Gasteiger partial charge in [-0.2, -0.15) is 5.26 Å². The fraction of sp³-hybridized carbons (Fsp3) is 0.941. The molecular formula is C17H33N3. The number of rotatable bonds is 10. The molecule has 1 saturated carbocycles. The first-order chi connectivity index (χ1) is 9.47. The van der Waals surface area contributed by atoms with E-state index >= 15 is 0 Å². The fourth-order valence-corrected chi connectivity index (χ4v) is 3.03. The molecular weight excluding hydrogens is 246 g/mol. The first-order valence-electron chi connectivity index (χ1n) is 8.40. The van der Waals surface area contributed by atoms with E-state index in [1.807, 2.05) is 0 Å². The van der Waals surface area contributed by atoms with Gasteiger partial charge in [-0.15, -0.1) is 0 Å². The number of nitrogens with one attached hydrogen (secondary N) is 1. The van der Waals surface area contributed by atoms with Crippen LogP contribution in [-0.4, -0.2) is 35.6 Å². The second-order valence-corrected chi connectivity index (χ2v) is 6.69. The van der Waals surface area contributed by atoms with Crippen LogP contribution in [0.1, 0.15) is 66.7 Å². The zero-order valence-corrected chi connectivity index (χ0v) is 14.1. The minimum absolute atomic E-state index is 0.373. The van der Waals surface area contributed by atoms with Crippen LogP contribution in [0.4, 0.5) is 0 Å². The Kier molecular flexibility index (Phi) is 6.99. The molecule has 0 aromatic heterocycles. The molecule has 0 heterocycles. The third kappa shape index (κ3) is 5.42. The van der Waals surface area contributed by atoms with Crippen molar-refractivity contribution >= 4 is 0 Å². The van der Waals surface area contributed by atoms with Crippen molar-refractivity contribution in [1.82, 2.24) is 10.2 Å². The normalized spacial score (nSPS) is 19.9. The van der Waals surface area contributed by atoms with Gasteiger partial charge in [0, 0.05) is 18.6 Å². The molecule has 1 N–H and O–H groups in total. The molecule has 1 rings (SSSR count). The molecule has 0 bridgehead atoms. The van der Waals surface area contributed by atoms with E-state index in [0.717, 1.165) is 25.4 Å². The summed E-state index contributed by atoms with van der Waals surface area (Å²) in [6.45, 7) is 13.4. The van der Waals surface area contributed by atoms with Crippen molar-refractivity contribution in [3.05, 3.63) is 0 Å². The molecule has 0 radical (unpaired) electrons. The van der Waals surface area contributed by atoms with Gasteiger partial charge in [-0.05, 0) is 45.6 Å². The Balaban J connectivity index is 2.55. The molecule has 3 nitrogen and oxygen atoms in total. The Morgan fingerprint density at radius 3 is 2.30 bits per heavy atom. The van der Waals surface area contributed by atoms with E-state index < -0.39 is 0 Å². The van der Waals surface area contributed by atoms with Crippen LogP contribution in [0.2, 0.25) is 0 Å². The van der Waals surface area contributed by atoms with Gasteiger partial charge in [0.15, 0.2) is 0 Å². The third-order valence-electron chi connectivity index (χ3n) is 4.73. The van der Waals surface area contributed by atoms with Crippen molar-refractivity contribution < 1.29 is 0 Å². The van der Waals surface area contributed by atoms with Crippen molar-refractivity contribution in [2.75, 3.05) is 13.1 Å². The summed E-state index contributed by atoms with van der Waals surface area (Å²) in [6.07, 6.45) is 5.87. The lowest BCUT2D eigenvalue weighted by atomic mass is 9.93. The van der Waals surface area contributed by atoms with E-state index in [9.17, 15) is 5.26 Å². The summed E-state index contributed by atoms with van der Waals surface area (Å²) in [5, 5.41) is 13.0. The maximum absolute atomic E-state index is 9.51. The van der Waals surface area contributed by atoms with Gasteiger partial charge in [-0.3, -0.25) is 5.32 Å². The summed E-state index contributed by atoms with van der Waals surface area (Å²) >= 11 is 0. The lowest BCUT2D eigenvalue weighted by Crippen LogP contribution is -2.48. The molecule has 0 amide bonds. The first-order valence-corrected chi connectivity index (χ1v) is 8.40. The molecule has 1 aliphatic rings. The van der Waals surface area contributed by atoms with Crippen LogP contribution in [0.5, 0.6) is 0 Å². The zero-order valence-electron chi connectivity index (χ0n) is 14.1. The highest BCUT2D eigenvalue weighted by Crippen LogP contribution is 2.26. The van der Waals surface area contributed by atoms with Crippen LogP contribution in [0, 0.1) is 17.2 Å². The van der Waals surface area contributed by atoms with Crippen LogP contribution >= 0.6 is 0 Å². The van der Waals surface area contributed by atoms with Gasteiger partial charge in [0.05, 0.1) is 6.07 Å². The summed E-state index contributed by atoms with van der Waals surface area (Å²) in [6, 6.07) is 3.54. The minimum atomic E-state index is -0.373. The van der Waals surface area contributed by atoms with Crippen molar-refractivity contribution in [3.63, 3.8) is 0 Å². The standard InChI is InChI=1S/C17H33N3/c1-6-15(7-2)12-20(8-3)14(4)11-17(5,13-18)19-16-9-10-16/h14-16,19H,6-12H2,1-5H3. The Morgan fingerprint density at radius 2 is 1.90 bits per heavy atom. The molecule has 0 aromatic rings. The summed E-state index contributed by atoms with van der Waals surface area (Å²) in [7, 11) is 0. The molecule has 0 saturated heterocycles. The Hall–Kier alpha value is -0.590. The summed E-state index contributed by atoms with van der Waals surface area (Å²) in [4.78, 5) is 2.54. The summed E-state index contributed by atoms with van der Waals surface area (Å²) in [5.41, 5.74) is -0.373. The highest BCUT2D eigenvalue weighted by Gasteiger charge is 2.34. The second-order valence-electron chi connectivity index (χ2n) is 6.69. The van der Waals surface area contributed by atoms with Gasteiger partial charge < -0.3 is 4.90 Å². The predicted octanol–water partition coefficient (Wildman–Crippen LogP) is 3.56. The average molecular weight is 279 g/mol. The quantitative estimate of drug-likeness (QED) is 0.664. The molecule has 0 aromatic carbocycles. The van der Waals surface area contributed by atoms with E-state index in [1.54, 1.807) is 0 Å². The van der Waals surface area contributed by atoms with Gasteiger partial charge in [-0.1, -0.05) is 33.6 Å². The van der Waals surface area contributed by atoms with Gasteiger partial charge >= 0.3 is 0 Å². The molecule has 116 valence electrons. The number of nitriles is 1. The lowest BCUT2D eigenvalue weighted by molar-refractivity contribution is 0.154. The number of hydrogen-bond donors (Lipinski definition) is 1. The monoisotopic (exact) mass is 279 g/mol. The number of nitrogens with zero attached hydrogens (tertiary/aromatic N) is 2. The smallest absolute Gasteiger partial charge is 0.105 e. The molecule has 2 atom stereocenters. The molecule has 3 heteroatoms. The van der Waals surface area contributed by atoms with Crippen molar-refractivity contribution in [2.24, 2.45) is 5.92 Å². The maximum Gasteiger partial charge on any atom is 0.105 e. The molecule has 0 aliphatic heterocycles. The minimum Gasteiger partial charge on any atom is -0.301 e. The summed E-state index contributed by atoms with van der Waals surface area (Å²) < 4.78 is 0. The van der Waals surface area contributed by atoms with Gasteiger partial charge in [0.25, 0.3) is 0 Å². The lowest BCUT2D eigenvalue weighted by Gasteiger charge is -2.35. The predicted molar refractivity (Wildman–Crippen MR) is 85.6 cm³/mol. The van der Waals surface area contributed by atoms with Crippen LogP contribution < -0.4 is 5.32 Å². The van der Waals surface area contributed by atoms with Gasteiger partial charge in [-0.25, -0.2) is 0 Å². The Bertz CT molecular complexity index is 315. The highest BCUT2D eigenvalue weighted by atomic mass is 15.2. The van der Waals surface area contributed by atoms with E-state index in [0.29, 0.717) is 12.1 Å². The van der Waals surface area contributed by atoms with E-state index in [4.69, 9.17) is 0 Å². The van der Waals surface area contributed by atoms with Crippen molar-refractivity contribution in [3.8, 4) is 6.07 Å². The second kappa shape index (κ2) is 8.00. The third-order valence-corrected chi connectivity index (χ3v) is 4.73. The topological polar surface area (TPSA) is 39.1 Å². The van der Waals surface area contributed by atoms with Crippen LogP contribution in [0.15, 0.2) is 0 Å². The van der Waals surface area contributed by atoms with Crippen LogP contribution in [0.25, 0.3) is 0 Å². The highest BCUT2D eigenvalue weighted by molar-refractivity contribution is 5.08. The first kappa shape index (κ1) is 17.5. The van der Waals surface area contributed by atoms with E-state index in [2.05, 4.69) is 50.9 Å². The number of hydrogen-bond acceptors (Lipinski definition) is 3. The zero-order chi connectivity index (χ0) is 15.2. The van der Waals surface area contributed by atoms with Crippen molar-refractivity contribution in [1.29, 1.82) is 5.26 Å². The van der Waals surface area contributed by atoms with E-state index in [-0.39, 0.29) is 5.54 Å². The Labute approximate surface area is 125 Å². The van der Waals surface area contributed by atoms with Gasteiger partial charge in [0.2, 0.25) is 0 Å². The molecule has 0 spiro atoms. The molecule has 1 fully saturated rings. The molecule has 20 heavy (non-hydrogen) atoms. The maximum atomic E-state index is 9.51. The van der Waals surface area contributed by atoms with Crippen molar-refractivity contribution in [2.45, 2.75) is 84.3 Å². The average Bonchev–Trinajstić information content (AvgIpc) is 3.23. The van der Waals surface area contributed by atoms with Crippen LogP contribution in [0.3, 0.4) is 0 Å². The van der Waals surface area contributed by atoms with E-state index in [1.165, 1.54) is 25.7 Å². The largest absolute Gasteiger partial charge is 0.301 e. The molecule has 2 unspecified atom stereocenters. The fourth-order valence-electron chi connectivity index (χ4n) is 3.03. The van der Waals surface area contributed by atoms with Crippen LogP contribution in [-0.2, 0) is 0 Å². The summed E-state index contributed by atoms with van der Waals surface area (Å²) in [5.74, 6) is 0.780. The van der Waals surface area contributed by atoms with Gasteiger partial charge in [0.1, 0.15) is 5.54 Å². The SMILES string of the molecule is CCC(CC)CN(CC)C(C)CC(C)(C#N)NC1CC1. The Morgan fingerprint density at radius 1 is 1.30 bits per heavy atom.